The smallest absolute Gasteiger partial charge is 0.234 e. The van der Waals surface area contributed by atoms with Crippen molar-refractivity contribution in [2.75, 3.05) is 6.54 Å². The van der Waals surface area contributed by atoms with Crippen LogP contribution in [0.3, 0.4) is 0 Å². The Morgan fingerprint density at radius 1 is 1.62 bits per heavy atom. The fourth-order valence-corrected chi connectivity index (χ4v) is 1.98. The van der Waals surface area contributed by atoms with Gasteiger partial charge >= 0.3 is 0 Å². The van der Waals surface area contributed by atoms with E-state index in [1.807, 2.05) is 19.2 Å². The summed E-state index contributed by atoms with van der Waals surface area (Å²) in [5.41, 5.74) is 4.87. The van der Waals surface area contributed by atoms with Crippen molar-refractivity contribution in [3.05, 3.63) is 16.6 Å². The molecule has 1 atom stereocenters. The van der Waals surface area contributed by atoms with Gasteiger partial charge in [-0.2, -0.15) is 0 Å². The van der Waals surface area contributed by atoms with Crippen LogP contribution >= 0.6 is 36.2 Å². The summed E-state index contributed by atoms with van der Waals surface area (Å²) in [6, 6.07) is 0. The molecule has 1 aromatic rings. The van der Waals surface area contributed by atoms with E-state index in [0.717, 1.165) is 11.4 Å². The molecule has 0 spiro atoms. The van der Waals surface area contributed by atoms with Crippen LogP contribution in [0, 0.1) is 0 Å². The van der Waals surface area contributed by atoms with Crippen LogP contribution in [0.15, 0.2) is 11.6 Å². The average Bonchev–Trinajstić information content (AvgIpc) is 2.70. The number of rotatable bonds is 4. The number of nitrogens with two attached hydrogens (primary N) is 1. The zero-order valence-corrected chi connectivity index (χ0v) is 11.7. The summed E-state index contributed by atoms with van der Waals surface area (Å²) in [4.78, 5) is 15.4. The van der Waals surface area contributed by atoms with E-state index in [1.165, 1.54) is 0 Å². The van der Waals surface area contributed by atoms with E-state index < -0.39 is 0 Å². The van der Waals surface area contributed by atoms with Crippen LogP contribution < -0.4 is 11.1 Å². The van der Waals surface area contributed by atoms with E-state index in [0.29, 0.717) is 0 Å². The average molecular weight is 286 g/mol. The van der Waals surface area contributed by atoms with Crippen LogP contribution in [0.2, 0.25) is 0 Å². The summed E-state index contributed by atoms with van der Waals surface area (Å²) < 4.78 is 0. The molecule has 0 saturated carbocycles. The molecule has 1 rings (SSSR count). The van der Waals surface area contributed by atoms with Crippen molar-refractivity contribution in [3.8, 4) is 0 Å². The van der Waals surface area contributed by atoms with Crippen molar-refractivity contribution in [1.29, 1.82) is 0 Å². The molecule has 16 heavy (non-hydrogen) atoms. The minimum absolute atomic E-state index is 0. The maximum Gasteiger partial charge on any atom is 0.234 e. The van der Waals surface area contributed by atoms with Gasteiger partial charge in [0.05, 0.1) is 12.1 Å². The molecule has 0 radical (unpaired) electrons. The molecule has 1 unspecified atom stereocenters. The zero-order valence-electron chi connectivity index (χ0n) is 9.23. The Labute approximate surface area is 112 Å². The van der Waals surface area contributed by atoms with E-state index >= 15 is 0 Å². The van der Waals surface area contributed by atoms with Gasteiger partial charge in [-0.05, 0) is 13.3 Å². The number of carbonyl (C=O) groups excluding carboxylic acids is 1. The van der Waals surface area contributed by atoms with Crippen LogP contribution in [-0.2, 0) is 10.3 Å². The Hall–Kier alpha value is -0.360. The van der Waals surface area contributed by atoms with E-state index in [2.05, 4.69) is 10.3 Å². The quantitative estimate of drug-likeness (QED) is 0.885. The van der Waals surface area contributed by atoms with Crippen LogP contribution in [0.4, 0.5) is 0 Å². The third kappa shape index (κ3) is 4.25. The second-order valence-electron chi connectivity index (χ2n) is 3.28. The lowest BCUT2D eigenvalue weighted by molar-refractivity contribution is -0.121. The predicted octanol–water partition coefficient (Wildman–Crippen LogP) is 1.69. The minimum Gasteiger partial charge on any atom is -0.343 e. The molecule has 0 saturated heterocycles. The predicted molar refractivity (Wildman–Crippen MR) is 71.5 cm³/mol. The molecule has 0 fully saturated rings. The topological polar surface area (TPSA) is 68.0 Å². The number of amides is 1. The van der Waals surface area contributed by atoms with Crippen molar-refractivity contribution in [3.63, 3.8) is 0 Å². The lowest BCUT2D eigenvalue weighted by Gasteiger charge is -2.27. The van der Waals surface area contributed by atoms with Crippen LogP contribution in [-0.4, -0.2) is 17.4 Å². The van der Waals surface area contributed by atoms with Gasteiger partial charge in [-0.1, -0.05) is 6.92 Å². The molecule has 1 heterocycles. The normalized spacial score (nSPS) is 12.9. The first-order valence-corrected chi connectivity index (χ1v) is 5.41. The highest BCUT2D eigenvalue weighted by molar-refractivity contribution is 7.09. The minimum atomic E-state index is -0.384. The molecule has 7 heteroatoms. The summed E-state index contributed by atoms with van der Waals surface area (Å²) >= 11 is 1.54. The van der Waals surface area contributed by atoms with Gasteiger partial charge in [0, 0.05) is 11.6 Å². The third-order valence-electron chi connectivity index (χ3n) is 2.21. The summed E-state index contributed by atoms with van der Waals surface area (Å²) in [6.07, 6.45) is 2.54. The van der Waals surface area contributed by atoms with E-state index in [-0.39, 0.29) is 42.8 Å². The van der Waals surface area contributed by atoms with E-state index in [9.17, 15) is 4.79 Å². The van der Waals surface area contributed by atoms with Crippen LogP contribution in [0.25, 0.3) is 0 Å². The Morgan fingerprint density at radius 3 is 2.62 bits per heavy atom. The van der Waals surface area contributed by atoms with Crippen molar-refractivity contribution in [2.45, 2.75) is 25.8 Å². The maximum atomic E-state index is 11.2. The first-order chi connectivity index (χ1) is 6.62. The third-order valence-corrected chi connectivity index (χ3v) is 3.25. The molecular formula is C9H17Cl2N3OS. The zero-order chi connectivity index (χ0) is 10.6. The van der Waals surface area contributed by atoms with Crippen molar-refractivity contribution in [1.82, 2.24) is 10.3 Å². The molecule has 1 aromatic heterocycles. The molecule has 1 amide bonds. The Kier molecular flexibility index (Phi) is 8.83. The maximum absolute atomic E-state index is 11.2. The molecule has 94 valence electrons. The molecule has 3 N–H and O–H groups in total. The molecule has 0 aliphatic carbocycles. The second kappa shape index (κ2) is 7.84. The van der Waals surface area contributed by atoms with Gasteiger partial charge in [-0.3, -0.25) is 4.79 Å². The van der Waals surface area contributed by atoms with Crippen LogP contribution in [0.5, 0.6) is 0 Å². The van der Waals surface area contributed by atoms with Crippen molar-refractivity contribution >= 4 is 42.1 Å². The lowest BCUT2D eigenvalue weighted by Crippen LogP contribution is -2.45. The van der Waals surface area contributed by atoms with E-state index in [1.54, 1.807) is 17.5 Å². The Morgan fingerprint density at radius 2 is 2.25 bits per heavy atom. The van der Waals surface area contributed by atoms with Gasteiger partial charge in [0.25, 0.3) is 0 Å². The summed E-state index contributed by atoms with van der Waals surface area (Å²) in [6.45, 7) is 3.98. The summed E-state index contributed by atoms with van der Waals surface area (Å²) in [5.74, 6) is -0.149. The first-order valence-electron chi connectivity index (χ1n) is 4.53. The molecular weight excluding hydrogens is 269 g/mol. The monoisotopic (exact) mass is 285 g/mol. The molecule has 4 nitrogen and oxygen atoms in total. The largest absolute Gasteiger partial charge is 0.343 e. The summed E-state index contributed by atoms with van der Waals surface area (Å²) in [5, 5.41) is 5.70. The molecule has 0 aromatic carbocycles. The second-order valence-corrected chi connectivity index (χ2v) is 4.17. The standard InChI is InChI=1S/C9H15N3OS.2ClH/c1-3-9(2,12-7(13)6-10)8-11-4-5-14-8;;/h4-5H,3,6,10H2,1-2H3,(H,12,13);2*1H. The number of nitrogens with zero attached hydrogens (tertiary/aromatic N) is 1. The Bertz CT molecular complexity index is 308. The SMILES string of the molecule is CCC(C)(NC(=O)CN)c1nccs1.Cl.Cl. The molecule has 0 bridgehead atoms. The highest BCUT2D eigenvalue weighted by Gasteiger charge is 2.28. The van der Waals surface area contributed by atoms with Crippen molar-refractivity contribution < 1.29 is 4.79 Å². The first kappa shape index (κ1) is 18.0. The lowest BCUT2D eigenvalue weighted by atomic mass is 10.00. The van der Waals surface area contributed by atoms with Crippen LogP contribution in [0.1, 0.15) is 25.3 Å². The van der Waals surface area contributed by atoms with Gasteiger partial charge in [0.1, 0.15) is 5.01 Å². The number of nitrogens with one attached hydrogen (secondary N) is 1. The van der Waals surface area contributed by atoms with Gasteiger partial charge < -0.3 is 11.1 Å². The number of hydrogen-bond donors (Lipinski definition) is 2. The van der Waals surface area contributed by atoms with Gasteiger partial charge in [0.15, 0.2) is 0 Å². The van der Waals surface area contributed by atoms with Crippen molar-refractivity contribution in [2.24, 2.45) is 5.73 Å². The Balaban J connectivity index is 0. The van der Waals surface area contributed by atoms with Gasteiger partial charge in [-0.25, -0.2) is 4.98 Å². The number of halogens is 2. The fourth-order valence-electron chi connectivity index (χ4n) is 1.15. The molecule has 0 aliphatic rings. The highest BCUT2D eigenvalue weighted by Crippen LogP contribution is 2.25. The fraction of sp³-hybridized carbons (Fsp3) is 0.556. The van der Waals surface area contributed by atoms with Gasteiger partial charge in [-0.15, -0.1) is 36.2 Å². The number of hydrogen-bond acceptors (Lipinski definition) is 4. The number of thiazole rings is 1. The van der Waals surface area contributed by atoms with E-state index in [4.69, 9.17) is 5.73 Å². The number of carbonyl (C=O) groups is 1. The summed E-state index contributed by atoms with van der Waals surface area (Å²) in [7, 11) is 0. The molecule has 0 aliphatic heterocycles. The number of aromatic nitrogens is 1. The van der Waals surface area contributed by atoms with Gasteiger partial charge in [0.2, 0.25) is 5.91 Å². The highest BCUT2D eigenvalue weighted by atomic mass is 35.5.